The Kier molecular flexibility index (Phi) is 4.56. The predicted octanol–water partition coefficient (Wildman–Crippen LogP) is 2.28. The molecule has 0 bridgehead atoms. The molecule has 0 aromatic carbocycles. The van der Waals surface area contributed by atoms with E-state index in [1.165, 1.54) is 0 Å². The number of rotatable bonds is 4. The van der Waals surface area contributed by atoms with E-state index in [1.807, 2.05) is 6.07 Å². The molecular formula is C14H21N5. The van der Waals surface area contributed by atoms with Crippen molar-refractivity contribution in [3.8, 4) is 6.07 Å². The van der Waals surface area contributed by atoms with Crippen LogP contribution in [0, 0.1) is 23.2 Å². The van der Waals surface area contributed by atoms with Crippen LogP contribution in [0.2, 0.25) is 0 Å². The molecule has 0 aliphatic carbocycles. The maximum absolute atomic E-state index is 8.91. The highest BCUT2D eigenvalue weighted by atomic mass is 15.2. The molecule has 19 heavy (non-hydrogen) atoms. The highest BCUT2D eigenvalue weighted by Crippen LogP contribution is 2.22. The Balaban J connectivity index is 1.97. The first-order valence-electron chi connectivity index (χ1n) is 6.89. The summed E-state index contributed by atoms with van der Waals surface area (Å²) in [7, 11) is 0. The molecule has 1 N–H and O–H groups in total. The molecule has 5 heteroatoms. The molecule has 2 rings (SSSR count). The summed E-state index contributed by atoms with van der Waals surface area (Å²) in [6, 6.07) is 4.34. The molecule has 0 saturated carbocycles. The standard InChI is InChI=1S/C14H21N5/c1-11(2)9-16-13-7-14(18-10-17-13)19-5-3-12(8-15)4-6-19/h7,10-12H,3-6,9H2,1-2H3,(H,16,17,18). The highest BCUT2D eigenvalue weighted by molar-refractivity contribution is 5.48. The molecule has 0 unspecified atom stereocenters. The molecule has 1 aliphatic rings. The van der Waals surface area contributed by atoms with Crippen molar-refractivity contribution in [1.82, 2.24) is 9.97 Å². The summed E-state index contributed by atoms with van der Waals surface area (Å²) in [5, 5.41) is 12.2. The van der Waals surface area contributed by atoms with Crippen molar-refractivity contribution in [3.05, 3.63) is 12.4 Å². The van der Waals surface area contributed by atoms with Crippen molar-refractivity contribution < 1.29 is 0 Å². The number of hydrogen-bond donors (Lipinski definition) is 1. The average Bonchev–Trinajstić information content (AvgIpc) is 2.45. The van der Waals surface area contributed by atoms with Gasteiger partial charge in [-0.3, -0.25) is 0 Å². The fraction of sp³-hybridized carbons (Fsp3) is 0.643. The van der Waals surface area contributed by atoms with Crippen LogP contribution in [0.3, 0.4) is 0 Å². The first-order valence-corrected chi connectivity index (χ1v) is 6.89. The predicted molar refractivity (Wildman–Crippen MR) is 75.9 cm³/mol. The molecular weight excluding hydrogens is 238 g/mol. The Bertz CT molecular complexity index is 443. The second-order valence-electron chi connectivity index (χ2n) is 5.43. The molecule has 102 valence electrons. The molecule has 0 atom stereocenters. The van der Waals surface area contributed by atoms with Crippen molar-refractivity contribution in [2.24, 2.45) is 11.8 Å². The summed E-state index contributed by atoms with van der Waals surface area (Å²) in [6.45, 7) is 7.05. The van der Waals surface area contributed by atoms with Crippen LogP contribution in [-0.4, -0.2) is 29.6 Å². The van der Waals surface area contributed by atoms with E-state index in [-0.39, 0.29) is 5.92 Å². The summed E-state index contributed by atoms with van der Waals surface area (Å²) in [6.07, 6.45) is 3.46. The number of anilines is 2. The molecule has 1 aromatic heterocycles. The number of nitrogens with one attached hydrogen (secondary N) is 1. The van der Waals surface area contributed by atoms with E-state index in [4.69, 9.17) is 5.26 Å². The molecule has 0 radical (unpaired) electrons. The summed E-state index contributed by atoms with van der Waals surface area (Å²) in [5.41, 5.74) is 0. The van der Waals surface area contributed by atoms with E-state index in [9.17, 15) is 0 Å². The highest BCUT2D eigenvalue weighted by Gasteiger charge is 2.19. The van der Waals surface area contributed by atoms with Gasteiger partial charge in [-0.2, -0.15) is 5.26 Å². The van der Waals surface area contributed by atoms with Gasteiger partial charge in [0.15, 0.2) is 0 Å². The van der Waals surface area contributed by atoms with E-state index in [2.05, 4.69) is 40.1 Å². The lowest BCUT2D eigenvalue weighted by molar-refractivity contribution is 0.485. The lowest BCUT2D eigenvalue weighted by atomic mass is 9.99. The van der Waals surface area contributed by atoms with Crippen molar-refractivity contribution in [2.45, 2.75) is 26.7 Å². The van der Waals surface area contributed by atoms with Gasteiger partial charge >= 0.3 is 0 Å². The van der Waals surface area contributed by atoms with Gasteiger partial charge < -0.3 is 10.2 Å². The number of hydrogen-bond acceptors (Lipinski definition) is 5. The molecule has 1 aromatic rings. The van der Waals surface area contributed by atoms with Gasteiger partial charge in [-0.15, -0.1) is 0 Å². The number of nitriles is 1. The average molecular weight is 259 g/mol. The van der Waals surface area contributed by atoms with Gasteiger partial charge in [0.25, 0.3) is 0 Å². The zero-order chi connectivity index (χ0) is 13.7. The third kappa shape index (κ3) is 3.82. The summed E-state index contributed by atoms with van der Waals surface area (Å²) >= 11 is 0. The molecule has 1 aliphatic heterocycles. The number of aromatic nitrogens is 2. The number of piperidine rings is 1. The van der Waals surface area contributed by atoms with Crippen LogP contribution >= 0.6 is 0 Å². The van der Waals surface area contributed by atoms with Gasteiger partial charge in [0, 0.05) is 31.6 Å². The van der Waals surface area contributed by atoms with E-state index in [0.29, 0.717) is 5.92 Å². The minimum Gasteiger partial charge on any atom is -0.370 e. The second-order valence-corrected chi connectivity index (χ2v) is 5.43. The van der Waals surface area contributed by atoms with Gasteiger partial charge in [-0.05, 0) is 18.8 Å². The van der Waals surface area contributed by atoms with Crippen LogP contribution in [0.15, 0.2) is 12.4 Å². The monoisotopic (exact) mass is 259 g/mol. The fourth-order valence-corrected chi connectivity index (χ4v) is 2.16. The molecule has 2 heterocycles. The Hall–Kier alpha value is -1.83. The Labute approximate surface area is 114 Å². The summed E-state index contributed by atoms with van der Waals surface area (Å²) in [4.78, 5) is 10.8. The van der Waals surface area contributed by atoms with E-state index >= 15 is 0 Å². The maximum atomic E-state index is 8.91. The van der Waals surface area contributed by atoms with Crippen LogP contribution in [0.25, 0.3) is 0 Å². The smallest absolute Gasteiger partial charge is 0.134 e. The van der Waals surface area contributed by atoms with Crippen LogP contribution < -0.4 is 10.2 Å². The molecule has 5 nitrogen and oxygen atoms in total. The quantitative estimate of drug-likeness (QED) is 0.898. The minimum atomic E-state index is 0.205. The van der Waals surface area contributed by atoms with E-state index in [0.717, 1.165) is 44.1 Å². The van der Waals surface area contributed by atoms with E-state index < -0.39 is 0 Å². The third-order valence-corrected chi connectivity index (χ3v) is 3.35. The van der Waals surface area contributed by atoms with Crippen LogP contribution in [-0.2, 0) is 0 Å². The molecule has 1 saturated heterocycles. The molecule has 1 fully saturated rings. The van der Waals surface area contributed by atoms with Gasteiger partial charge in [-0.1, -0.05) is 13.8 Å². The van der Waals surface area contributed by atoms with Gasteiger partial charge in [0.05, 0.1) is 6.07 Å². The normalized spacial score (nSPS) is 16.4. The third-order valence-electron chi connectivity index (χ3n) is 3.35. The van der Waals surface area contributed by atoms with Crippen molar-refractivity contribution in [2.75, 3.05) is 29.9 Å². The zero-order valence-corrected chi connectivity index (χ0v) is 11.6. The summed E-state index contributed by atoms with van der Waals surface area (Å²) < 4.78 is 0. The number of nitrogens with zero attached hydrogens (tertiary/aromatic N) is 4. The second kappa shape index (κ2) is 6.37. The van der Waals surface area contributed by atoms with Crippen LogP contribution in [0.5, 0.6) is 0 Å². The fourth-order valence-electron chi connectivity index (χ4n) is 2.16. The van der Waals surface area contributed by atoms with Gasteiger partial charge in [0.2, 0.25) is 0 Å². The summed E-state index contributed by atoms with van der Waals surface area (Å²) in [5.74, 6) is 2.63. The van der Waals surface area contributed by atoms with Gasteiger partial charge in [0.1, 0.15) is 18.0 Å². The van der Waals surface area contributed by atoms with Crippen LogP contribution in [0.1, 0.15) is 26.7 Å². The molecule has 0 amide bonds. The lowest BCUT2D eigenvalue weighted by Gasteiger charge is -2.30. The Morgan fingerprint density at radius 3 is 2.79 bits per heavy atom. The topological polar surface area (TPSA) is 64.8 Å². The molecule has 0 spiro atoms. The SMILES string of the molecule is CC(C)CNc1cc(N2CCC(C#N)CC2)ncn1. The van der Waals surface area contributed by atoms with Crippen LogP contribution in [0.4, 0.5) is 11.6 Å². The lowest BCUT2D eigenvalue weighted by Crippen LogP contribution is -2.33. The van der Waals surface area contributed by atoms with Crippen molar-refractivity contribution >= 4 is 11.6 Å². The largest absolute Gasteiger partial charge is 0.370 e. The Morgan fingerprint density at radius 1 is 1.42 bits per heavy atom. The van der Waals surface area contributed by atoms with Gasteiger partial charge in [-0.25, -0.2) is 9.97 Å². The van der Waals surface area contributed by atoms with Crippen molar-refractivity contribution in [3.63, 3.8) is 0 Å². The maximum Gasteiger partial charge on any atom is 0.134 e. The Morgan fingerprint density at radius 2 is 2.16 bits per heavy atom. The van der Waals surface area contributed by atoms with Crippen molar-refractivity contribution in [1.29, 1.82) is 5.26 Å². The minimum absolute atomic E-state index is 0.205. The first kappa shape index (κ1) is 13.6. The van der Waals surface area contributed by atoms with E-state index in [1.54, 1.807) is 6.33 Å². The zero-order valence-electron chi connectivity index (χ0n) is 11.6. The first-order chi connectivity index (χ1) is 9.19.